The molecule has 0 radical (unpaired) electrons. The number of rotatable bonds is 8. The molecule has 12 heteroatoms. The number of hydrogen-bond donors (Lipinski definition) is 2. The monoisotopic (exact) mass is 558 g/mol. The zero-order valence-corrected chi connectivity index (χ0v) is 22.9. The van der Waals surface area contributed by atoms with Crippen molar-refractivity contribution in [2.75, 3.05) is 32.1 Å². The fourth-order valence-electron chi connectivity index (χ4n) is 4.14. The van der Waals surface area contributed by atoms with Crippen molar-refractivity contribution in [2.45, 2.75) is 30.2 Å². The lowest BCUT2D eigenvalue weighted by Gasteiger charge is -2.38. The van der Waals surface area contributed by atoms with E-state index in [1.54, 1.807) is 53.6 Å². The first-order valence-electron chi connectivity index (χ1n) is 12.1. The smallest absolute Gasteiger partial charge is 0.258 e. The summed E-state index contributed by atoms with van der Waals surface area (Å²) >= 11 is 1.14. The summed E-state index contributed by atoms with van der Waals surface area (Å²) in [6.07, 6.45) is 2.43. The zero-order valence-electron chi connectivity index (χ0n) is 21.3. The molecule has 3 atom stereocenters. The van der Waals surface area contributed by atoms with Gasteiger partial charge in [-0.15, -0.1) is 11.3 Å². The van der Waals surface area contributed by atoms with Gasteiger partial charge >= 0.3 is 0 Å². The van der Waals surface area contributed by atoms with Crippen molar-refractivity contribution in [3.05, 3.63) is 71.4 Å². The average Bonchev–Trinajstić information content (AvgIpc) is 3.47. The summed E-state index contributed by atoms with van der Waals surface area (Å²) in [4.78, 5) is 31.7. The van der Waals surface area contributed by atoms with E-state index in [4.69, 9.17) is 4.74 Å². The van der Waals surface area contributed by atoms with E-state index >= 15 is 0 Å². The molecule has 4 rings (SSSR count). The predicted molar refractivity (Wildman–Crippen MR) is 144 cm³/mol. The molecule has 10 nitrogen and oxygen atoms in total. The third kappa shape index (κ3) is 5.88. The summed E-state index contributed by atoms with van der Waals surface area (Å²) < 4.78 is 33.9. The Morgan fingerprint density at radius 2 is 2.03 bits per heavy atom. The number of aliphatic hydroxyl groups is 1. The molecule has 2 aromatic heterocycles. The number of nitrogens with one attached hydrogen (secondary N) is 1. The Labute approximate surface area is 225 Å². The minimum absolute atomic E-state index is 0.0525. The van der Waals surface area contributed by atoms with E-state index < -0.39 is 22.2 Å². The second kappa shape index (κ2) is 11.6. The summed E-state index contributed by atoms with van der Waals surface area (Å²) in [5.41, 5.74) is 1.01. The molecule has 0 saturated heterocycles. The first-order valence-corrected chi connectivity index (χ1v) is 14.4. The summed E-state index contributed by atoms with van der Waals surface area (Å²) in [6.45, 7) is 3.67. The SMILES string of the molecule is C[C@H](CO)N1C[C@H](C)[C@H](CN(C)S(=O)(=O)c2cccs2)Oc2ccc(NC(=O)c3ccncc3)cc2C1=O. The molecule has 0 spiro atoms. The van der Waals surface area contributed by atoms with Crippen molar-refractivity contribution in [3.8, 4) is 5.75 Å². The highest BCUT2D eigenvalue weighted by molar-refractivity contribution is 7.91. The van der Waals surface area contributed by atoms with Gasteiger partial charge in [-0.2, -0.15) is 4.31 Å². The van der Waals surface area contributed by atoms with Crippen LogP contribution in [0.25, 0.3) is 0 Å². The molecule has 1 aliphatic heterocycles. The van der Waals surface area contributed by atoms with Crippen LogP contribution in [0.4, 0.5) is 5.69 Å². The van der Waals surface area contributed by atoms with E-state index in [1.165, 1.54) is 29.8 Å². The number of carbonyl (C=O) groups is 2. The normalized spacial score (nSPS) is 18.8. The van der Waals surface area contributed by atoms with Crippen molar-refractivity contribution in [1.82, 2.24) is 14.2 Å². The summed E-state index contributed by atoms with van der Waals surface area (Å²) in [5.74, 6) is -0.704. The lowest BCUT2D eigenvalue weighted by molar-refractivity contribution is 0.0387. The van der Waals surface area contributed by atoms with Gasteiger partial charge in [0.15, 0.2) is 0 Å². The number of benzene rings is 1. The van der Waals surface area contributed by atoms with Gasteiger partial charge in [0.1, 0.15) is 16.1 Å². The molecule has 3 heterocycles. The Balaban J connectivity index is 1.65. The maximum atomic E-state index is 13.6. The minimum Gasteiger partial charge on any atom is -0.488 e. The lowest BCUT2D eigenvalue weighted by Crippen LogP contribution is -2.50. The van der Waals surface area contributed by atoms with Crippen LogP contribution in [0.1, 0.15) is 34.6 Å². The third-order valence-corrected chi connectivity index (χ3v) is 9.66. The number of aliphatic hydroxyl groups excluding tert-OH is 1. The molecule has 0 aliphatic carbocycles. The van der Waals surface area contributed by atoms with Gasteiger partial charge in [-0.3, -0.25) is 14.6 Å². The maximum absolute atomic E-state index is 13.6. The topological polar surface area (TPSA) is 129 Å². The Morgan fingerprint density at radius 1 is 1.29 bits per heavy atom. The van der Waals surface area contributed by atoms with E-state index in [2.05, 4.69) is 10.3 Å². The van der Waals surface area contributed by atoms with Gasteiger partial charge in [0.25, 0.3) is 21.8 Å². The van der Waals surface area contributed by atoms with Crippen LogP contribution in [0.2, 0.25) is 0 Å². The Hall–Kier alpha value is -3.32. The van der Waals surface area contributed by atoms with Gasteiger partial charge in [-0.1, -0.05) is 13.0 Å². The minimum atomic E-state index is -3.71. The van der Waals surface area contributed by atoms with Gasteiger partial charge in [0.2, 0.25) is 0 Å². The zero-order chi connectivity index (χ0) is 27.4. The van der Waals surface area contributed by atoms with Crippen LogP contribution < -0.4 is 10.1 Å². The summed E-state index contributed by atoms with van der Waals surface area (Å²) in [7, 11) is -2.21. The second-order valence-electron chi connectivity index (χ2n) is 9.24. The molecule has 1 aromatic carbocycles. The molecule has 0 fully saturated rings. The molecule has 38 heavy (non-hydrogen) atoms. The van der Waals surface area contributed by atoms with Gasteiger partial charge in [-0.25, -0.2) is 8.42 Å². The number of amides is 2. The van der Waals surface area contributed by atoms with E-state index in [1.807, 2.05) is 6.92 Å². The molecule has 202 valence electrons. The molecular formula is C26H30N4O6S2. The number of carbonyl (C=O) groups excluding carboxylic acids is 2. The molecule has 0 saturated carbocycles. The first-order chi connectivity index (χ1) is 18.1. The number of sulfonamides is 1. The third-order valence-electron chi connectivity index (χ3n) is 6.46. The van der Waals surface area contributed by atoms with E-state index in [0.29, 0.717) is 11.3 Å². The highest BCUT2D eigenvalue weighted by Crippen LogP contribution is 2.31. The van der Waals surface area contributed by atoms with Crippen molar-refractivity contribution >= 4 is 38.9 Å². The number of likely N-dealkylation sites (N-methyl/N-ethyl adjacent to an activating group) is 1. The summed E-state index contributed by atoms with van der Waals surface area (Å²) in [6, 6.07) is 10.7. The van der Waals surface area contributed by atoms with Crippen LogP contribution in [-0.4, -0.2) is 78.4 Å². The van der Waals surface area contributed by atoms with Crippen LogP contribution in [0.5, 0.6) is 5.75 Å². The Kier molecular flexibility index (Phi) is 8.46. The Morgan fingerprint density at radius 3 is 2.68 bits per heavy atom. The molecule has 3 aromatic rings. The van der Waals surface area contributed by atoms with Crippen LogP contribution >= 0.6 is 11.3 Å². The fraction of sp³-hybridized carbons (Fsp3) is 0.346. The first kappa shape index (κ1) is 27.7. The number of aromatic nitrogens is 1. The number of pyridine rings is 1. The van der Waals surface area contributed by atoms with Crippen molar-refractivity contribution < 1.29 is 27.9 Å². The Bertz CT molecular complexity index is 1380. The highest BCUT2D eigenvalue weighted by atomic mass is 32.2. The molecule has 1 aliphatic rings. The van der Waals surface area contributed by atoms with Crippen LogP contribution in [0.3, 0.4) is 0 Å². The van der Waals surface area contributed by atoms with Gasteiger partial charge in [0.05, 0.1) is 24.8 Å². The average molecular weight is 559 g/mol. The molecule has 0 bridgehead atoms. The predicted octanol–water partition coefficient (Wildman–Crippen LogP) is 2.94. The highest BCUT2D eigenvalue weighted by Gasteiger charge is 2.35. The largest absolute Gasteiger partial charge is 0.488 e. The van der Waals surface area contributed by atoms with E-state index in [-0.39, 0.29) is 53.0 Å². The quantitative estimate of drug-likeness (QED) is 0.435. The second-order valence-corrected chi connectivity index (χ2v) is 12.5. The van der Waals surface area contributed by atoms with E-state index in [0.717, 1.165) is 11.3 Å². The van der Waals surface area contributed by atoms with Gasteiger partial charge in [-0.05, 0) is 48.7 Å². The number of hydrogen-bond acceptors (Lipinski definition) is 8. The maximum Gasteiger partial charge on any atom is 0.258 e. The molecule has 2 amide bonds. The number of ether oxygens (including phenoxy) is 1. The number of fused-ring (bicyclic) bond motifs is 1. The summed E-state index contributed by atoms with van der Waals surface area (Å²) in [5, 5.41) is 14.3. The molecule has 0 unspecified atom stereocenters. The van der Waals surface area contributed by atoms with Crippen LogP contribution in [-0.2, 0) is 10.0 Å². The van der Waals surface area contributed by atoms with Gasteiger partial charge in [0, 0.05) is 43.2 Å². The lowest BCUT2D eigenvalue weighted by atomic mass is 9.99. The number of anilines is 1. The fourth-order valence-corrected chi connectivity index (χ4v) is 6.52. The standard InChI is InChI=1S/C26H30N4O6S2/c1-17-14-30(18(2)16-31)26(33)21-13-20(28-25(32)19-8-10-27-11-9-19)6-7-22(21)36-23(17)15-29(3)38(34,35)24-5-4-12-37-24/h4-13,17-18,23,31H,14-16H2,1-3H3,(H,28,32)/t17-,18+,23-/m0/s1. The van der Waals surface area contributed by atoms with Crippen molar-refractivity contribution in [3.63, 3.8) is 0 Å². The number of nitrogens with zero attached hydrogens (tertiary/aromatic N) is 3. The van der Waals surface area contributed by atoms with Crippen molar-refractivity contribution in [2.24, 2.45) is 5.92 Å². The van der Waals surface area contributed by atoms with Gasteiger partial charge < -0.3 is 20.1 Å². The van der Waals surface area contributed by atoms with Crippen LogP contribution in [0.15, 0.2) is 64.4 Å². The molecular weight excluding hydrogens is 528 g/mol. The van der Waals surface area contributed by atoms with E-state index in [9.17, 15) is 23.1 Å². The van der Waals surface area contributed by atoms with Crippen molar-refractivity contribution in [1.29, 1.82) is 0 Å². The molecule has 2 N–H and O–H groups in total. The number of thiophene rings is 1. The van der Waals surface area contributed by atoms with Crippen LogP contribution in [0, 0.1) is 5.92 Å².